The molecule has 3 rings (SSSR count). The summed E-state index contributed by atoms with van der Waals surface area (Å²) in [5, 5.41) is 0.642. The van der Waals surface area contributed by atoms with Crippen molar-refractivity contribution >= 4 is 57.6 Å². The van der Waals surface area contributed by atoms with Crippen LogP contribution in [0.2, 0.25) is 5.02 Å². The minimum absolute atomic E-state index is 0.0967. The lowest BCUT2D eigenvalue weighted by atomic mass is 10.2. The van der Waals surface area contributed by atoms with Crippen molar-refractivity contribution < 1.29 is 4.79 Å². The molecule has 0 aliphatic carbocycles. The number of amides is 1. The average Bonchev–Trinajstić information content (AvgIpc) is 2.73. The molecular weight excluding hydrogens is 334 g/mol. The van der Waals surface area contributed by atoms with Gasteiger partial charge in [-0.15, -0.1) is 0 Å². The summed E-state index contributed by atoms with van der Waals surface area (Å²) in [6.45, 7) is 1.99. The zero-order valence-corrected chi connectivity index (χ0v) is 14.1. The number of nitrogens with zero attached hydrogens (tertiary/aromatic N) is 1. The predicted octanol–water partition coefficient (Wildman–Crippen LogP) is 5.05. The molecule has 2 aromatic rings. The summed E-state index contributed by atoms with van der Waals surface area (Å²) in [6.07, 6.45) is 1.82. The Bertz CT molecular complexity index is 801. The van der Waals surface area contributed by atoms with Gasteiger partial charge in [0.1, 0.15) is 0 Å². The molecule has 0 aromatic heterocycles. The van der Waals surface area contributed by atoms with Crippen LogP contribution in [0.4, 0.5) is 5.69 Å². The van der Waals surface area contributed by atoms with Crippen LogP contribution < -0.4 is 4.90 Å². The van der Waals surface area contributed by atoms with Crippen LogP contribution in [0.1, 0.15) is 11.1 Å². The number of carbonyl (C=O) groups is 1. The third-order valence-electron chi connectivity index (χ3n) is 3.20. The maximum Gasteiger partial charge on any atom is 0.270 e. The molecule has 1 aliphatic rings. The molecule has 2 nitrogen and oxygen atoms in total. The fourth-order valence-corrected chi connectivity index (χ4v) is 3.70. The van der Waals surface area contributed by atoms with Gasteiger partial charge >= 0.3 is 0 Å². The predicted molar refractivity (Wildman–Crippen MR) is 98.3 cm³/mol. The van der Waals surface area contributed by atoms with E-state index in [1.54, 1.807) is 11.0 Å². The van der Waals surface area contributed by atoms with Crippen molar-refractivity contribution in [3.63, 3.8) is 0 Å². The van der Waals surface area contributed by atoms with Gasteiger partial charge in [0.15, 0.2) is 4.32 Å². The molecule has 2 aromatic carbocycles. The van der Waals surface area contributed by atoms with Crippen LogP contribution in [0.15, 0.2) is 53.4 Å². The zero-order chi connectivity index (χ0) is 15.7. The number of anilines is 1. The van der Waals surface area contributed by atoms with Crippen LogP contribution in [0.25, 0.3) is 6.08 Å². The highest BCUT2D eigenvalue weighted by Crippen LogP contribution is 2.36. The van der Waals surface area contributed by atoms with E-state index in [2.05, 4.69) is 0 Å². The molecule has 0 saturated carbocycles. The van der Waals surface area contributed by atoms with Gasteiger partial charge in [-0.05, 0) is 48.4 Å². The van der Waals surface area contributed by atoms with Crippen LogP contribution in [0.3, 0.4) is 0 Å². The largest absolute Gasteiger partial charge is 0.270 e. The number of hydrogen-bond donors (Lipinski definition) is 0. The Labute approximate surface area is 143 Å². The Balaban J connectivity index is 1.95. The fraction of sp³-hybridized carbons (Fsp3) is 0.0588. The molecule has 5 heteroatoms. The van der Waals surface area contributed by atoms with Crippen molar-refractivity contribution in [2.45, 2.75) is 6.92 Å². The summed E-state index contributed by atoms with van der Waals surface area (Å²) in [7, 11) is 0. The summed E-state index contributed by atoms with van der Waals surface area (Å²) in [4.78, 5) is 14.8. The molecule has 0 atom stereocenters. The SMILES string of the molecule is Cc1cccc(N2C(=O)C(=Cc3cccc(Cl)c3)SC2=S)c1. The van der Waals surface area contributed by atoms with E-state index in [1.807, 2.05) is 55.5 Å². The highest BCUT2D eigenvalue weighted by atomic mass is 35.5. The number of aryl methyl sites for hydroxylation is 1. The van der Waals surface area contributed by atoms with Crippen LogP contribution in [0.5, 0.6) is 0 Å². The second-order valence-corrected chi connectivity index (χ2v) is 7.02. The quantitative estimate of drug-likeness (QED) is 0.561. The van der Waals surface area contributed by atoms with Gasteiger partial charge in [-0.1, -0.05) is 59.8 Å². The van der Waals surface area contributed by atoms with E-state index < -0.39 is 0 Å². The molecule has 0 radical (unpaired) electrons. The second kappa shape index (κ2) is 6.24. The number of halogens is 1. The maximum absolute atomic E-state index is 12.6. The van der Waals surface area contributed by atoms with Gasteiger partial charge in [0.25, 0.3) is 5.91 Å². The van der Waals surface area contributed by atoms with Crippen LogP contribution >= 0.6 is 35.6 Å². The van der Waals surface area contributed by atoms with E-state index in [0.29, 0.717) is 14.2 Å². The molecule has 0 unspecified atom stereocenters. The van der Waals surface area contributed by atoms with Gasteiger partial charge in [-0.2, -0.15) is 0 Å². The molecule has 1 fully saturated rings. The smallest absolute Gasteiger partial charge is 0.268 e. The number of carbonyl (C=O) groups excluding carboxylic acids is 1. The Hall–Kier alpha value is -1.62. The Morgan fingerprint density at radius 1 is 1.18 bits per heavy atom. The summed E-state index contributed by atoms with van der Waals surface area (Å²) >= 11 is 12.7. The molecule has 0 spiro atoms. The first kappa shape index (κ1) is 15.3. The minimum atomic E-state index is -0.0967. The van der Waals surface area contributed by atoms with E-state index in [9.17, 15) is 4.79 Å². The van der Waals surface area contributed by atoms with E-state index in [1.165, 1.54) is 11.8 Å². The zero-order valence-electron chi connectivity index (χ0n) is 11.7. The number of benzene rings is 2. The molecule has 1 saturated heterocycles. The van der Waals surface area contributed by atoms with Crippen LogP contribution in [0, 0.1) is 6.92 Å². The third-order valence-corrected chi connectivity index (χ3v) is 4.74. The lowest BCUT2D eigenvalue weighted by Crippen LogP contribution is -2.27. The number of hydrogen-bond acceptors (Lipinski definition) is 3. The molecule has 110 valence electrons. The van der Waals surface area contributed by atoms with Gasteiger partial charge in [0.2, 0.25) is 0 Å². The molecule has 1 aliphatic heterocycles. The number of rotatable bonds is 2. The molecule has 1 heterocycles. The van der Waals surface area contributed by atoms with Crippen molar-refractivity contribution in [2.75, 3.05) is 4.90 Å². The third kappa shape index (κ3) is 3.09. The number of thiocarbonyl (C=S) groups is 1. The van der Waals surface area contributed by atoms with Gasteiger partial charge in [0, 0.05) is 5.02 Å². The van der Waals surface area contributed by atoms with Gasteiger partial charge in [-0.25, -0.2) is 0 Å². The van der Waals surface area contributed by atoms with E-state index in [4.69, 9.17) is 23.8 Å². The van der Waals surface area contributed by atoms with Crippen molar-refractivity contribution in [2.24, 2.45) is 0 Å². The first-order valence-corrected chi connectivity index (χ1v) is 8.25. The van der Waals surface area contributed by atoms with E-state index in [0.717, 1.165) is 16.8 Å². The fourth-order valence-electron chi connectivity index (χ4n) is 2.21. The Kier molecular flexibility index (Phi) is 4.34. The van der Waals surface area contributed by atoms with Gasteiger partial charge < -0.3 is 0 Å². The molecule has 1 amide bonds. The molecule has 0 N–H and O–H groups in total. The van der Waals surface area contributed by atoms with Gasteiger partial charge in [-0.3, -0.25) is 9.69 Å². The summed E-state index contributed by atoms with van der Waals surface area (Å²) in [6, 6.07) is 15.1. The first-order valence-electron chi connectivity index (χ1n) is 6.65. The topological polar surface area (TPSA) is 20.3 Å². The highest BCUT2D eigenvalue weighted by molar-refractivity contribution is 8.27. The lowest BCUT2D eigenvalue weighted by Gasteiger charge is -2.14. The average molecular weight is 346 g/mol. The highest BCUT2D eigenvalue weighted by Gasteiger charge is 2.33. The van der Waals surface area contributed by atoms with E-state index >= 15 is 0 Å². The lowest BCUT2D eigenvalue weighted by molar-refractivity contribution is -0.113. The van der Waals surface area contributed by atoms with Crippen LogP contribution in [-0.2, 0) is 4.79 Å². The Morgan fingerprint density at radius 2 is 1.95 bits per heavy atom. The summed E-state index contributed by atoms with van der Waals surface area (Å²) < 4.78 is 0.545. The van der Waals surface area contributed by atoms with Gasteiger partial charge in [0.05, 0.1) is 10.6 Å². The van der Waals surface area contributed by atoms with Crippen molar-refractivity contribution in [1.29, 1.82) is 0 Å². The summed E-state index contributed by atoms with van der Waals surface area (Å²) in [5.74, 6) is -0.0967. The molecular formula is C17H12ClNOS2. The minimum Gasteiger partial charge on any atom is -0.268 e. The monoisotopic (exact) mass is 345 g/mol. The second-order valence-electron chi connectivity index (χ2n) is 4.91. The Morgan fingerprint density at radius 3 is 2.68 bits per heavy atom. The maximum atomic E-state index is 12.6. The first-order chi connectivity index (χ1) is 10.5. The van der Waals surface area contributed by atoms with Crippen molar-refractivity contribution in [3.05, 3.63) is 69.6 Å². The van der Waals surface area contributed by atoms with Crippen LogP contribution in [-0.4, -0.2) is 10.2 Å². The summed E-state index contributed by atoms with van der Waals surface area (Å²) in [5.41, 5.74) is 2.78. The van der Waals surface area contributed by atoms with Crippen molar-refractivity contribution in [1.82, 2.24) is 0 Å². The van der Waals surface area contributed by atoms with Crippen molar-refractivity contribution in [3.8, 4) is 0 Å². The molecule has 22 heavy (non-hydrogen) atoms. The standard InChI is InChI=1S/C17H12ClNOS2/c1-11-4-2-7-14(8-11)19-16(20)15(22-17(19)21)10-12-5-3-6-13(18)9-12/h2-10H,1H3. The normalized spacial score (nSPS) is 16.6. The number of thioether (sulfide) groups is 1. The molecule has 0 bridgehead atoms. The van der Waals surface area contributed by atoms with E-state index in [-0.39, 0.29) is 5.91 Å².